The zero-order valence-corrected chi connectivity index (χ0v) is 19.5. The molecule has 0 spiro atoms. The van der Waals surface area contributed by atoms with Crippen LogP contribution in [0.15, 0.2) is 65.8 Å². The van der Waals surface area contributed by atoms with E-state index in [-0.39, 0.29) is 24.3 Å². The number of nitrogens with zero attached hydrogens (tertiary/aromatic N) is 3. The molecule has 8 heteroatoms. The van der Waals surface area contributed by atoms with Gasteiger partial charge in [-0.2, -0.15) is 0 Å². The second kappa shape index (κ2) is 11.1. The number of esters is 1. The van der Waals surface area contributed by atoms with Gasteiger partial charge in [0.1, 0.15) is 0 Å². The Morgan fingerprint density at radius 3 is 2.45 bits per heavy atom. The molecule has 1 fully saturated rings. The lowest BCUT2D eigenvalue weighted by Gasteiger charge is -2.29. The molecule has 4 rings (SSSR count). The minimum Gasteiger partial charge on any atom is -0.455 e. The number of carbonyl (C=O) groups excluding carboxylic acids is 2. The highest BCUT2D eigenvalue weighted by atomic mass is 32.2. The maximum Gasteiger partial charge on any atom is 0.316 e. The lowest BCUT2D eigenvalue weighted by molar-refractivity contribution is -0.146. The van der Waals surface area contributed by atoms with Crippen LogP contribution in [0.2, 0.25) is 0 Å². The normalized spacial score (nSPS) is 18.0. The third-order valence-corrected chi connectivity index (χ3v) is 6.72. The second-order valence-corrected chi connectivity index (χ2v) is 9.17. The van der Waals surface area contributed by atoms with Crippen molar-refractivity contribution >= 4 is 23.6 Å². The summed E-state index contributed by atoms with van der Waals surface area (Å²) in [7, 11) is 0. The number of carbonyl (C=O) groups is 2. The molecule has 0 radical (unpaired) electrons. The number of thioether (sulfide) groups is 1. The first-order valence-electron chi connectivity index (χ1n) is 11.3. The monoisotopic (exact) mass is 464 g/mol. The van der Waals surface area contributed by atoms with Gasteiger partial charge in [-0.1, -0.05) is 80.1 Å². The summed E-state index contributed by atoms with van der Waals surface area (Å²) in [5.74, 6) is 0.477. The molecule has 172 valence electrons. The molecule has 0 bridgehead atoms. The summed E-state index contributed by atoms with van der Waals surface area (Å²) in [4.78, 5) is 24.5. The van der Waals surface area contributed by atoms with Gasteiger partial charge in [0.15, 0.2) is 17.6 Å². The van der Waals surface area contributed by atoms with E-state index in [0.717, 1.165) is 30.5 Å². The maximum atomic E-state index is 12.3. The summed E-state index contributed by atoms with van der Waals surface area (Å²) in [5.41, 5.74) is 1.83. The average molecular weight is 465 g/mol. The SMILES string of the molecule is CC1CCCCC1NC(=O)COC(=O)CSc1nnc(-c2ccccc2)n1-c1ccccc1. The van der Waals surface area contributed by atoms with Crippen molar-refractivity contribution in [2.75, 3.05) is 12.4 Å². The van der Waals surface area contributed by atoms with Gasteiger partial charge in [0.2, 0.25) is 0 Å². The van der Waals surface area contributed by atoms with E-state index in [9.17, 15) is 9.59 Å². The Hall–Kier alpha value is -3.13. The van der Waals surface area contributed by atoms with Crippen molar-refractivity contribution in [3.63, 3.8) is 0 Å². The molecule has 1 N–H and O–H groups in total. The predicted molar refractivity (Wildman–Crippen MR) is 128 cm³/mol. The van der Waals surface area contributed by atoms with Crippen molar-refractivity contribution in [3.8, 4) is 17.1 Å². The first-order chi connectivity index (χ1) is 16.1. The van der Waals surface area contributed by atoms with Crippen LogP contribution >= 0.6 is 11.8 Å². The first kappa shape index (κ1) is 23.0. The topological polar surface area (TPSA) is 86.1 Å². The van der Waals surface area contributed by atoms with Crippen LogP contribution in [0.5, 0.6) is 0 Å². The number of nitrogens with one attached hydrogen (secondary N) is 1. The van der Waals surface area contributed by atoms with Crippen LogP contribution < -0.4 is 5.32 Å². The number of benzene rings is 2. The van der Waals surface area contributed by atoms with Crippen molar-refractivity contribution in [2.24, 2.45) is 5.92 Å². The molecule has 1 aliphatic rings. The number of ether oxygens (including phenoxy) is 1. The van der Waals surface area contributed by atoms with Crippen LogP contribution in [0.3, 0.4) is 0 Å². The summed E-state index contributed by atoms with van der Waals surface area (Å²) >= 11 is 1.24. The number of hydrogen-bond donors (Lipinski definition) is 1. The Morgan fingerprint density at radius 2 is 1.73 bits per heavy atom. The molecule has 2 unspecified atom stereocenters. The van der Waals surface area contributed by atoms with E-state index in [1.54, 1.807) is 0 Å². The van der Waals surface area contributed by atoms with Crippen molar-refractivity contribution in [1.82, 2.24) is 20.1 Å². The molecular formula is C25H28N4O3S. The fourth-order valence-electron chi connectivity index (χ4n) is 4.04. The molecule has 0 aliphatic heterocycles. The van der Waals surface area contributed by atoms with Crippen molar-refractivity contribution in [1.29, 1.82) is 0 Å². The second-order valence-electron chi connectivity index (χ2n) is 8.23. The lowest BCUT2D eigenvalue weighted by atomic mass is 9.86. The smallest absolute Gasteiger partial charge is 0.316 e. The Balaban J connectivity index is 1.37. The largest absolute Gasteiger partial charge is 0.455 e. The minimum atomic E-state index is -0.462. The van der Waals surface area contributed by atoms with Crippen LogP contribution in [-0.2, 0) is 14.3 Å². The summed E-state index contributed by atoms with van der Waals surface area (Å²) in [6.07, 6.45) is 4.43. The van der Waals surface area contributed by atoms with Crippen LogP contribution in [0.4, 0.5) is 0 Å². The van der Waals surface area contributed by atoms with Crippen LogP contribution in [0.1, 0.15) is 32.6 Å². The summed E-state index contributed by atoms with van der Waals surface area (Å²) in [6.45, 7) is 1.89. The summed E-state index contributed by atoms with van der Waals surface area (Å²) < 4.78 is 7.13. The maximum absolute atomic E-state index is 12.3. The average Bonchev–Trinajstić information content (AvgIpc) is 3.28. The van der Waals surface area contributed by atoms with E-state index < -0.39 is 5.97 Å². The standard InChI is InChI=1S/C25H28N4O3S/c1-18-10-8-9-15-21(18)26-22(30)16-32-23(31)17-33-25-28-27-24(19-11-4-2-5-12-19)29(25)20-13-6-3-7-14-20/h2-7,11-14,18,21H,8-10,15-17H2,1H3,(H,26,30). The zero-order valence-electron chi connectivity index (χ0n) is 18.6. The van der Waals surface area contributed by atoms with E-state index in [1.807, 2.05) is 65.2 Å². The van der Waals surface area contributed by atoms with Gasteiger partial charge in [0.25, 0.3) is 5.91 Å². The molecule has 1 heterocycles. The number of hydrogen-bond acceptors (Lipinski definition) is 6. The van der Waals surface area contributed by atoms with E-state index in [2.05, 4.69) is 22.4 Å². The summed E-state index contributed by atoms with van der Waals surface area (Å²) in [5, 5.41) is 12.3. The van der Waals surface area contributed by atoms with E-state index in [1.165, 1.54) is 18.2 Å². The molecule has 3 aromatic rings. The van der Waals surface area contributed by atoms with Gasteiger partial charge < -0.3 is 10.1 Å². The molecule has 1 amide bonds. The van der Waals surface area contributed by atoms with Gasteiger partial charge in [-0.05, 0) is 30.9 Å². The zero-order chi connectivity index (χ0) is 23.0. The van der Waals surface area contributed by atoms with Gasteiger partial charge in [0, 0.05) is 17.3 Å². The molecule has 1 saturated carbocycles. The van der Waals surface area contributed by atoms with Crippen molar-refractivity contribution in [3.05, 3.63) is 60.7 Å². The highest BCUT2D eigenvalue weighted by Gasteiger charge is 2.23. The highest BCUT2D eigenvalue weighted by molar-refractivity contribution is 7.99. The Labute approximate surface area is 197 Å². The molecule has 7 nitrogen and oxygen atoms in total. The molecule has 2 aromatic carbocycles. The number of amides is 1. The molecule has 1 aliphatic carbocycles. The molecule has 33 heavy (non-hydrogen) atoms. The number of rotatable bonds is 8. The van der Waals surface area contributed by atoms with Gasteiger partial charge in [-0.25, -0.2) is 0 Å². The van der Waals surface area contributed by atoms with Crippen LogP contribution in [0.25, 0.3) is 17.1 Å². The van der Waals surface area contributed by atoms with Gasteiger partial charge in [-0.15, -0.1) is 10.2 Å². The van der Waals surface area contributed by atoms with E-state index >= 15 is 0 Å². The van der Waals surface area contributed by atoms with Gasteiger partial charge in [0.05, 0.1) is 5.75 Å². The Kier molecular flexibility index (Phi) is 7.78. The van der Waals surface area contributed by atoms with E-state index in [4.69, 9.17) is 4.74 Å². The lowest BCUT2D eigenvalue weighted by Crippen LogP contribution is -2.43. The van der Waals surface area contributed by atoms with Crippen molar-refractivity contribution in [2.45, 2.75) is 43.8 Å². The number of para-hydroxylation sites is 1. The molecule has 2 atom stereocenters. The van der Waals surface area contributed by atoms with Crippen LogP contribution in [-0.4, -0.2) is 45.0 Å². The van der Waals surface area contributed by atoms with Gasteiger partial charge >= 0.3 is 5.97 Å². The molecule has 1 aromatic heterocycles. The van der Waals surface area contributed by atoms with E-state index in [0.29, 0.717) is 16.9 Å². The predicted octanol–water partition coefficient (Wildman–Crippen LogP) is 4.26. The Bertz CT molecular complexity index is 1070. The fourth-order valence-corrected chi connectivity index (χ4v) is 4.79. The third kappa shape index (κ3) is 6.01. The van der Waals surface area contributed by atoms with Crippen LogP contribution in [0, 0.1) is 5.92 Å². The highest BCUT2D eigenvalue weighted by Crippen LogP contribution is 2.28. The number of aromatic nitrogens is 3. The van der Waals surface area contributed by atoms with Crippen molar-refractivity contribution < 1.29 is 14.3 Å². The quantitative estimate of drug-likeness (QED) is 0.396. The first-order valence-corrected chi connectivity index (χ1v) is 12.2. The summed E-state index contributed by atoms with van der Waals surface area (Å²) in [6, 6.07) is 19.7. The Morgan fingerprint density at radius 1 is 1.03 bits per heavy atom. The van der Waals surface area contributed by atoms with Gasteiger partial charge in [-0.3, -0.25) is 14.2 Å². The fraction of sp³-hybridized carbons (Fsp3) is 0.360. The molecular weight excluding hydrogens is 436 g/mol. The molecule has 0 saturated heterocycles. The minimum absolute atomic E-state index is 0.0346. The third-order valence-electron chi connectivity index (χ3n) is 5.82.